The molecule has 0 saturated carbocycles. The Bertz CT molecular complexity index is 1770. The van der Waals surface area contributed by atoms with Crippen LogP contribution in [-0.2, 0) is 11.3 Å². The van der Waals surface area contributed by atoms with Crippen molar-refractivity contribution in [1.29, 1.82) is 0 Å². The van der Waals surface area contributed by atoms with E-state index in [2.05, 4.69) is 16.8 Å². The number of aromatic nitrogens is 1. The molecule has 224 valence electrons. The van der Waals surface area contributed by atoms with E-state index in [1.807, 2.05) is 6.07 Å². The smallest absolute Gasteiger partial charge is 0.365 e. The van der Waals surface area contributed by atoms with Crippen LogP contribution >= 0.6 is 23.2 Å². The molecule has 3 aliphatic rings. The molecule has 1 aromatic heterocycles. The summed E-state index contributed by atoms with van der Waals surface area (Å²) in [6.07, 6.45) is 0.694. The summed E-state index contributed by atoms with van der Waals surface area (Å²) >= 11 is 13.3. The van der Waals surface area contributed by atoms with Crippen molar-refractivity contribution >= 4 is 45.7 Å². The van der Waals surface area contributed by atoms with E-state index >= 15 is 4.39 Å². The number of para-hydroxylation sites is 1. The molecule has 0 spiro atoms. The van der Waals surface area contributed by atoms with Gasteiger partial charge in [0.2, 0.25) is 0 Å². The lowest BCUT2D eigenvalue weighted by atomic mass is 9.98. The second-order valence-corrected chi connectivity index (χ2v) is 12.0. The highest BCUT2D eigenvalue weighted by molar-refractivity contribution is 6.40. The van der Waals surface area contributed by atoms with E-state index in [1.165, 1.54) is 15.7 Å². The Labute approximate surface area is 256 Å². The first-order valence-electron chi connectivity index (χ1n) is 14.2. The number of rotatable bonds is 4. The van der Waals surface area contributed by atoms with Gasteiger partial charge in [0, 0.05) is 55.2 Å². The van der Waals surface area contributed by atoms with E-state index in [9.17, 15) is 9.59 Å². The number of hydrogen-bond acceptors (Lipinski definition) is 7. The lowest BCUT2D eigenvalue weighted by Gasteiger charge is -2.34. The van der Waals surface area contributed by atoms with Crippen molar-refractivity contribution in [3.05, 3.63) is 79.9 Å². The molecule has 1 atom stereocenters. The van der Waals surface area contributed by atoms with Gasteiger partial charge in [-0.2, -0.15) is 4.74 Å². The van der Waals surface area contributed by atoms with Crippen LogP contribution in [0.25, 0.3) is 22.0 Å². The van der Waals surface area contributed by atoms with Crippen molar-refractivity contribution in [2.24, 2.45) is 0 Å². The van der Waals surface area contributed by atoms with Crippen LogP contribution in [0.1, 0.15) is 28.4 Å². The minimum absolute atomic E-state index is 0.0740. The first-order valence-corrected chi connectivity index (χ1v) is 14.9. The highest BCUT2D eigenvalue weighted by Crippen LogP contribution is 2.40. The molecule has 0 bridgehead atoms. The van der Waals surface area contributed by atoms with Crippen LogP contribution in [0, 0.1) is 5.82 Å². The number of hydrogen-bond donors (Lipinski definition) is 0. The van der Waals surface area contributed by atoms with Gasteiger partial charge >= 0.3 is 5.63 Å². The molecule has 0 aliphatic carbocycles. The third-order valence-electron chi connectivity index (χ3n) is 8.47. The molecule has 4 aromatic rings. The van der Waals surface area contributed by atoms with Gasteiger partial charge in [-0.15, -0.1) is 0 Å². The Kier molecular flexibility index (Phi) is 7.33. The number of amides is 1. The van der Waals surface area contributed by atoms with E-state index in [4.69, 9.17) is 37.2 Å². The molecular formula is C31H29Cl2FN4O5. The Morgan fingerprint density at radius 2 is 1.79 bits per heavy atom. The van der Waals surface area contributed by atoms with E-state index in [0.29, 0.717) is 42.0 Å². The number of benzene rings is 3. The van der Waals surface area contributed by atoms with Crippen molar-refractivity contribution in [2.75, 3.05) is 58.1 Å². The summed E-state index contributed by atoms with van der Waals surface area (Å²) in [5, 5.41) is 0.725. The van der Waals surface area contributed by atoms with Gasteiger partial charge in [0.25, 0.3) is 5.91 Å². The van der Waals surface area contributed by atoms with Crippen LogP contribution in [0.2, 0.25) is 10.0 Å². The molecule has 43 heavy (non-hydrogen) atoms. The minimum atomic E-state index is -0.596. The fraction of sp³-hybridized carbons (Fsp3) is 0.355. The van der Waals surface area contributed by atoms with Gasteiger partial charge in [-0.3, -0.25) is 4.79 Å². The summed E-state index contributed by atoms with van der Waals surface area (Å²) in [6.45, 7) is 4.67. The van der Waals surface area contributed by atoms with Gasteiger partial charge in [0.15, 0.2) is 6.73 Å². The lowest BCUT2D eigenvalue weighted by Crippen LogP contribution is -2.44. The van der Waals surface area contributed by atoms with Crippen LogP contribution in [-0.4, -0.2) is 73.6 Å². The maximum atomic E-state index is 15.5. The van der Waals surface area contributed by atoms with E-state index < -0.39 is 11.4 Å². The second kappa shape index (κ2) is 11.2. The van der Waals surface area contributed by atoms with Gasteiger partial charge in [0.1, 0.15) is 11.6 Å². The molecule has 2 saturated heterocycles. The highest BCUT2D eigenvalue weighted by atomic mass is 35.5. The van der Waals surface area contributed by atoms with Crippen molar-refractivity contribution < 1.29 is 23.2 Å². The zero-order valence-electron chi connectivity index (χ0n) is 23.4. The molecule has 0 N–H and O–H groups in total. The van der Waals surface area contributed by atoms with Crippen LogP contribution in [0.5, 0.6) is 5.75 Å². The highest BCUT2D eigenvalue weighted by Gasteiger charge is 2.30. The Hall–Kier alpha value is -3.57. The van der Waals surface area contributed by atoms with E-state index in [0.717, 1.165) is 31.9 Å². The fourth-order valence-electron chi connectivity index (χ4n) is 6.07. The predicted octanol–water partition coefficient (Wildman–Crippen LogP) is 5.41. The molecule has 1 amide bonds. The number of anilines is 1. The van der Waals surface area contributed by atoms with Gasteiger partial charge in [-0.25, -0.2) is 9.18 Å². The van der Waals surface area contributed by atoms with Crippen LogP contribution < -0.4 is 15.3 Å². The summed E-state index contributed by atoms with van der Waals surface area (Å²) in [5.74, 6) is -0.464. The van der Waals surface area contributed by atoms with Crippen LogP contribution in [0.15, 0.2) is 51.8 Å². The molecule has 0 radical (unpaired) electrons. The SMILES string of the molecule is CN1CCN(c2cc(Cl)c(C(=O)N3COc4c(cccc4-c4cc5c(cc4F)c(=O)on5C4CCOC4)C3)c(Cl)c2)CC1. The number of ether oxygens (including phenoxy) is 2. The molecule has 2 fully saturated rings. The summed E-state index contributed by atoms with van der Waals surface area (Å²) < 4.78 is 34.0. The summed E-state index contributed by atoms with van der Waals surface area (Å²) in [5.41, 5.74) is 2.48. The molecule has 4 heterocycles. The van der Waals surface area contributed by atoms with Crippen LogP contribution in [0.3, 0.4) is 0 Å². The van der Waals surface area contributed by atoms with Crippen molar-refractivity contribution in [3.63, 3.8) is 0 Å². The average molecular weight is 628 g/mol. The first-order chi connectivity index (χ1) is 20.8. The average Bonchev–Trinajstić information content (AvgIpc) is 3.64. The number of carbonyl (C=O) groups is 1. The topological polar surface area (TPSA) is 80.4 Å². The fourth-order valence-corrected chi connectivity index (χ4v) is 6.70. The summed E-state index contributed by atoms with van der Waals surface area (Å²) in [7, 11) is 2.08. The maximum absolute atomic E-state index is 15.5. The monoisotopic (exact) mass is 626 g/mol. The van der Waals surface area contributed by atoms with Crippen LogP contribution in [0.4, 0.5) is 10.1 Å². The van der Waals surface area contributed by atoms with Gasteiger partial charge in [-0.1, -0.05) is 41.4 Å². The Balaban J connectivity index is 1.18. The number of carbonyl (C=O) groups excluding carboxylic acids is 1. The van der Waals surface area contributed by atoms with Crippen molar-refractivity contribution in [2.45, 2.75) is 19.0 Å². The molecule has 7 rings (SSSR count). The van der Waals surface area contributed by atoms with Crippen molar-refractivity contribution in [3.8, 4) is 16.9 Å². The first kappa shape index (κ1) is 28.2. The number of likely N-dealkylation sites (N-methyl/N-ethyl adjacent to an activating group) is 1. The zero-order valence-corrected chi connectivity index (χ0v) is 25.0. The molecular weight excluding hydrogens is 598 g/mol. The number of piperazine rings is 1. The number of fused-ring (bicyclic) bond motifs is 2. The normalized spacial score (nSPS) is 19.1. The van der Waals surface area contributed by atoms with E-state index in [1.54, 1.807) is 30.3 Å². The molecule has 9 nitrogen and oxygen atoms in total. The van der Waals surface area contributed by atoms with Crippen molar-refractivity contribution in [1.82, 2.24) is 14.5 Å². The molecule has 12 heteroatoms. The third kappa shape index (κ3) is 5.06. The molecule has 1 unspecified atom stereocenters. The summed E-state index contributed by atoms with van der Waals surface area (Å²) in [6, 6.07) is 11.6. The Morgan fingerprint density at radius 1 is 1.02 bits per heavy atom. The standard InChI is InChI=1S/C31H29Cl2FN4O5/c1-35-6-8-36(9-7-35)20-11-24(32)28(25(33)12-20)30(39)37-15-18-3-2-4-21(29(18)42-17-37)22-14-27-23(13-26(22)34)31(40)43-38(27)19-5-10-41-16-19/h2-4,11-14,19H,5-10,15-17H2,1H3. The molecule has 3 aliphatic heterocycles. The van der Waals surface area contributed by atoms with Gasteiger partial charge < -0.3 is 28.7 Å². The quantitative estimate of drug-likeness (QED) is 0.299. The Morgan fingerprint density at radius 3 is 2.51 bits per heavy atom. The number of nitrogens with zero attached hydrogens (tertiary/aromatic N) is 4. The summed E-state index contributed by atoms with van der Waals surface area (Å²) in [4.78, 5) is 32.1. The maximum Gasteiger partial charge on any atom is 0.365 e. The largest absolute Gasteiger partial charge is 0.472 e. The number of halogens is 3. The molecule has 3 aromatic carbocycles. The van der Waals surface area contributed by atoms with Gasteiger partial charge in [-0.05, 0) is 37.7 Å². The zero-order chi connectivity index (χ0) is 29.8. The second-order valence-electron chi connectivity index (χ2n) is 11.2. The van der Waals surface area contributed by atoms with Gasteiger partial charge in [0.05, 0.1) is 45.7 Å². The lowest BCUT2D eigenvalue weighted by molar-refractivity contribution is 0.0516. The third-order valence-corrected chi connectivity index (χ3v) is 9.07. The predicted molar refractivity (Wildman–Crippen MR) is 162 cm³/mol. The van der Waals surface area contributed by atoms with E-state index in [-0.39, 0.29) is 51.8 Å². The minimum Gasteiger partial charge on any atom is -0.472 e.